The summed E-state index contributed by atoms with van der Waals surface area (Å²) in [6, 6.07) is 17.2. The Hall–Kier alpha value is -3.38. The van der Waals surface area contributed by atoms with E-state index in [9.17, 15) is 10.4 Å². The number of thiophene rings is 1. The molecule has 0 spiro atoms. The first-order valence-electron chi connectivity index (χ1n) is 11.9. The Bertz CT molecular complexity index is 1590. The molecule has 0 aliphatic carbocycles. The molecule has 0 atom stereocenters. The molecule has 2 aromatic heterocycles. The Morgan fingerprint density at radius 3 is 2.09 bits per heavy atom. The summed E-state index contributed by atoms with van der Waals surface area (Å²) in [4.78, 5) is 0. The Kier molecular flexibility index (Phi) is 6.00. The zero-order valence-corrected chi connectivity index (χ0v) is 20.6. The molecule has 0 radical (unpaired) electrons. The van der Waals surface area contributed by atoms with Crippen molar-refractivity contribution in [2.24, 2.45) is 10.3 Å². The zero-order valence-electron chi connectivity index (χ0n) is 19.8. The SMILES string of the molecule is CCCCCCn1c2ccc(/C(C)=N\O)cc2c2cc3sc4ccc(/C(C)=N\O)cc4c3cc21. The summed E-state index contributed by atoms with van der Waals surface area (Å²) in [5, 5.41) is 30.2. The molecule has 0 fully saturated rings. The molecule has 0 aliphatic heterocycles. The quantitative estimate of drug-likeness (QED) is 0.109. The molecule has 0 saturated carbocycles. The minimum absolute atomic E-state index is 0.612. The van der Waals surface area contributed by atoms with E-state index in [4.69, 9.17) is 0 Å². The highest BCUT2D eigenvalue weighted by Gasteiger charge is 2.16. The largest absolute Gasteiger partial charge is 0.411 e. The predicted molar refractivity (Wildman–Crippen MR) is 144 cm³/mol. The van der Waals surface area contributed by atoms with E-state index >= 15 is 0 Å². The Balaban J connectivity index is 1.78. The van der Waals surface area contributed by atoms with Crippen molar-refractivity contribution in [3.8, 4) is 0 Å². The van der Waals surface area contributed by atoms with Crippen LogP contribution in [0.1, 0.15) is 57.6 Å². The van der Waals surface area contributed by atoms with Crippen LogP contribution in [0.15, 0.2) is 58.8 Å². The van der Waals surface area contributed by atoms with Crippen LogP contribution in [0.3, 0.4) is 0 Å². The normalized spacial score (nSPS) is 13.1. The molecule has 0 aliphatic rings. The van der Waals surface area contributed by atoms with E-state index in [0.29, 0.717) is 11.4 Å². The van der Waals surface area contributed by atoms with Gasteiger partial charge in [-0.1, -0.05) is 48.6 Å². The number of nitrogens with zero attached hydrogens (tertiary/aromatic N) is 3. The van der Waals surface area contributed by atoms with Gasteiger partial charge in [0.25, 0.3) is 0 Å². The van der Waals surface area contributed by atoms with Gasteiger partial charge in [0.2, 0.25) is 0 Å². The fourth-order valence-corrected chi connectivity index (χ4v) is 5.98. The van der Waals surface area contributed by atoms with Crippen LogP contribution in [0.5, 0.6) is 0 Å². The maximum Gasteiger partial charge on any atom is 0.0837 e. The minimum Gasteiger partial charge on any atom is -0.411 e. The fraction of sp³-hybridized carbons (Fsp3) is 0.286. The van der Waals surface area contributed by atoms with E-state index in [2.05, 4.69) is 58.2 Å². The highest BCUT2D eigenvalue weighted by atomic mass is 32.1. The number of hydrogen-bond donors (Lipinski definition) is 2. The molecule has 174 valence electrons. The Morgan fingerprint density at radius 2 is 1.38 bits per heavy atom. The average molecular weight is 472 g/mol. The number of hydrogen-bond acceptors (Lipinski definition) is 5. The molecule has 5 nitrogen and oxygen atoms in total. The lowest BCUT2D eigenvalue weighted by molar-refractivity contribution is 0.319. The molecule has 3 aromatic carbocycles. The van der Waals surface area contributed by atoms with Crippen molar-refractivity contribution in [3.63, 3.8) is 0 Å². The third kappa shape index (κ3) is 3.72. The smallest absolute Gasteiger partial charge is 0.0837 e. The molecule has 0 amide bonds. The molecular formula is C28H29N3O2S. The van der Waals surface area contributed by atoms with Crippen molar-refractivity contribution >= 4 is 64.7 Å². The molecule has 34 heavy (non-hydrogen) atoms. The van der Waals surface area contributed by atoms with Crippen LogP contribution in [0.4, 0.5) is 0 Å². The van der Waals surface area contributed by atoms with Gasteiger partial charge < -0.3 is 15.0 Å². The lowest BCUT2D eigenvalue weighted by Crippen LogP contribution is -1.98. The highest BCUT2D eigenvalue weighted by molar-refractivity contribution is 7.25. The van der Waals surface area contributed by atoms with Crippen molar-refractivity contribution in [2.75, 3.05) is 0 Å². The summed E-state index contributed by atoms with van der Waals surface area (Å²) in [5.74, 6) is 0. The number of benzene rings is 3. The van der Waals surface area contributed by atoms with Crippen molar-refractivity contribution in [2.45, 2.75) is 53.0 Å². The lowest BCUT2D eigenvalue weighted by atomic mass is 10.0. The van der Waals surface area contributed by atoms with Crippen molar-refractivity contribution in [1.82, 2.24) is 4.57 Å². The van der Waals surface area contributed by atoms with Crippen LogP contribution in [0.2, 0.25) is 0 Å². The molecular weight excluding hydrogens is 442 g/mol. The van der Waals surface area contributed by atoms with Gasteiger partial charge in [-0.05, 0) is 67.8 Å². The summed E-state index contributed by atoms with van der Waals surface area (Å²) in [6.45, 7) is 6.85. The predicted octanol–water partition coefficient (Wildman–Crippen LogP) is 8.14. The Labute approximate surface area is 202 Å². The lowest BCUT2D eigenvalue weighted by Gasteiger charge is -2.08. The summed E-state index contributed by atoms with van der Waals surface area (Å²) >= 11 is 1.79. The fourth-order valence-electron chi connectivity index (χ4n) is 4.87. The standard InChI is InChI=1S/C28H29N3O2S/c1-4-5-6-7-12-31-25-10-8-19(17(2)29-32)13-21(25)22-16-28-24(15-26(22)31)23-14-20(18(3)30-33)9-11-27(23)34-28/h8-11,13-16,32-33H,4-7,12H2,1-3H3/b29-17-,30-18-. The molecule has 0 unspecified atom stereocenters. The van der Waals surface area contributed by atoms with Gasteiger partial charge >= 0.3 is 0 Å². The first kappa shape index (κ1) is 22.4. The second kappa shape index (κ2) is 9.11. The summed E-state index contributed by atoms with van der Waals surface area (Å²) in [7, 11) is 0. The van der Waals surface area contributed by atoms with E-state index in [1.165, 1.54) is 61.2 Å². The van der Waals surface area contributed by atoms with E-state index in [1.54, 1.807) is 11.3 Å². The first-order chi connectivity index (χ1) is 16.5. The van der Waals surface area contributed by atoms with Gasteiger partial charge in [0, 0.05) is 48.5 Å². The van der Waals surface area contributed by atoms with Gasteiger partial charge in [-0.15, -0.1) is 11.3 Å². The van der Waals surface area contributed by atoms with Gasteiger partial charge in [-0.2, -0.15) is 0 Å². The van der Waals surface area contributed by atoms with Crippen LogP contribution in [0.25, 0.3) is 42.0 Å². The number of unbranched alkanes of at least 4 members (excludes halogenated alkanes) is 3. The number of aromatic nitrogens is 1. The Morgan fingerprint density at radius 1 is 0.735 bits per heavy atom. The molecule has 5 aromatic rings. The molecule has 2 heterocycles. The number of rotatable bonds is 7. The second-order valence-electron chi connectivity index (χ2n) is 8.99. The number of oxime groups is 2. The summed E-state index contributed by atoms with van der Waals surface area (Å²) in [5.41, 5.74) is 5.53. The van der Waals surface area contributed by atoms with E-state index in [0.717, 1.165) is 24.1 Å². The van der Waals surface area contributed by atoms with E-state index in [1.807, 2.05) is 26.0 Å². The van der Waals surface area contributed by atoms with Gasteiger partial charge in [0.1, 0.15) is 0 Å². The summed E-state index contributed by atoms with van der Waals surface area (Å²) < 4.78 is 4.91. The van der Waals surface area contributed by atoms with Gasteiger partial charge in [0.15, 0.2) is 0 Å². The van der Waals surface area contributed by atoms with E-state index < -0.39 is 0 Å². The molecule has 6 heteroatoms. The first-order valence-corrected chi connectivity index (χ1v) is 12.7. The molecule has 5 rings (SSSR count). The molecule has 0 saturated heterocycles. The van der Waals surface area contributed by atoms with Crippen LogP contribution < -0.4 is 0 Å². The number of fused-ring (bicyclic) bond motifs is 6. The van der Waals surface area contributed by atoms with Gasteiger partial charge in [-0.3, -0.25) is 0 Å². The van der Waals surface area contributed by atoms with Crippen molar-refractivity contribution in [3.05, 3.63) is 59.7 Å². The highest BCUT2D eigenvalue weighted by Crippen LogP contribution is 2.40. The molecule has 0 bridgehead atoms. The van der Waals surface area contributed by atoms with Crippen LogP contribution >= 0.6 is 11.3 Å². The van der Waals surface area contributed by atoms with Crippen molar-refractivity contribution in [1.29, 1.82) is 0 Å². The minimum atomic E-state index is 0.612. The maximum atomic E-state index is 9.31. The van der Waals surface area contributed by atoms with Crippen LogP contribution in [-0.2, 0) is 6.54 Å². The van der Waals surface area contributed by atoms with E-state index in [-0.39, 0.29) is 0 Å². The second-order valence-corrected chi connectivity index (χ2v) is 10.1. The third-order valence-electron chi connectivity index (χ3n) is 6.83. The average Bonchev–Trinajstić information content (AvgIpc) is 3.38. The van der Waals surface area contributed by atoms with Crippen LogP contribution in [0, 0.1) is 0 Å². The monoisotopic (exact) mass is 471 g/mol. The van der Waals surface area contributed by atoms with Crippen LogP contribution in [-0.4, -0.2) is 26.4 Å². The zero-order chi connectivity index (χ0) is 23.8. The van der Waals surface area contributed by atoms with Gasteiger partial charge in [-0.25, -0.2) is 0 Å². The summed E-state index contributed by atoms with van der Waals surface area (Å²) in [6.07, 6.45) is 4.83. The maximum absolute atomic E-state index is 9.31. The topological polar surface area (TPSA) is 70.1 Å². The number of aryl methyl sites for hydroxylation is 1. The third-order valence-corrected chi connectivity index (χ3v) is 7.96. The molecule has 2 N–H and O–H groups in total. The van der Waals surface area contributed by atoms with Crippen molar-refractivity contribution < 1.29 is 10.4 Å². The van der Waals surface area contributed by atoms with Gasteiger partial charge in [0.05, 0.1) is 11.4 Å².